The summed E-state index contributed by atoms with van der Waals surface area (Å²) >= 11 is 0. The van der Waals surface area contributed by atoms with E-state index in [0.717, 1.165) is 17.8 Å². The normalized spacial score (nSPS) is 13.2. The average molecular weight is 304 g/mol. The fraction of sp³-hybridized carbons (Fsp3) is 0.500. The van der Waals surface area contributed by atoms with E-state index in [2.05, 4.69) is 38.7 Å². The summed E-state index contributed by atoms with van der Waals surface area (Å²) < 4.78 is 5.49. The summed E-state index contributed by atoms with van der Waals surface area (Å²) in [4.78, 5) is 14.4. The van der Waals surface area contributed by atoms with Gasteiger partial charge >= 0.3 is 12.2 Å². The largest absolute Gasteiger partial charge is 0.449 e. The summed E-state index contributed by atoms with van der Waals surface area (Å²) in [5, 5.41) is 0.206. The minimum atomic E-state index is -1.62. The first kappa shape index (κ1) is 17.3. The summed E-state index contributed by atoms with van der Waals surface area (Å²) in [5.74, 6) is -0.620. The second-order valence-electron chi connectivity index (χ2n) is 6.92. The highest BCUT2D eigenvalue weighted by Crippen LogP contribution is 2.42. The predicted octanol–water partition coefficient (Wildman–Crippen LogP) is 4.08. The quantitative estimate of drug-likeness (QED) is 0.270. The van der Waals surface area contributed by atoms with Crippen molar-refractivity contribution in [3.8, 4) is 0 Å². The van der Waals surface area contributed by atoms with E-state index in [1.807, 2.05) is 30.3 Å². The zero-order valence-corrected chi connectivity index (χ0v) is 14.5. The molecule has 0 aliphatic heterocycles. The van der Waals surface area contributed by atoms with Gasteiger partial charge in [-0.2, -0.15) is 4.79 Å². The Morgan fingerprint density at radius 2 is 1.90 bits per heavy atom. The molecule has 4 nitrogen and oxygen atoms in total. The van der Waals surface area contributed by atoms with Crippen LogP contribution in [0.25, 0.3) is 5.53 Å². The number of hydrogen-bond acceptors (Lipinski definition) is 2. The number of benzene rings is 1. The minimum absolute atomic E-state index is 0.206. The highest BCUT2D eigenvalue weighted by molar-refractivity contribution is 6.80. The Labute approximate surface area is 127 Å². The van der Waals surface area contributed by atoms with Crippen LogP contribution in [-0.2, 0) is 9.53 Å². The molecule has 0 amide bonds. The molecule has 0 aliphatic carbocycles. The molecule has 5 heteroatoms. The highest BCUT2D eigenvalue weighted by Gasteiger charge is 2.38. The maximum Gasteiger partial charge on any atom is 0.414 e. The molecule has 0 radical (unpaired) electrons. The molecule has 1 rings (SSSR count). The van der Waals surface area contributed by atoms with Crippen LogP contribution in [0.1, 0.15) is 32.4 Å². The maximum absolute atomic E-state index is 11.6. The van der Waals surface area contributed by atoms with E-state index in [1.165, 1.54) is 0 Å². The molecule has 0 N–H and O–H groups in total. The van der Waals surface area contributed by atoms with Gasteiger partial charge in [0.2, 0.25) is 0 Å². The van der Waals surface area contributed by atoms with Crippen molar-refractivity contribution in [1.29, 1.82) is 0 Å². The number of ether oxygens (including phenoxy) is 1. The Morgan fingerprint density at radius 1 is 1.33 bits per heavy atom. The molecule has 0 bridgehead atoms. The Kier molecular flexibility index (Phi) is 5.64. The van der Waals surface area contributed by atoms with Crippen molar-refractivity contribution in [1.82, 2.24) is 0 Å². The zero-order chi connectivity index (χ0) is 16.1. The lowest BCUT2D eigenvalue weighted by Crippen LogP contribution is -2.39. The van der Waals surface area contributed by atoms with Crippen molar-refractivity contribution >= 4 is 20.3 Å². The van der Waals surface area contributed by atoms with Crippen LogP contribution in [0.3, 0.4) is 0 Å². The molecular weight excluding hydrogens is 280 g/mol. The van der Waals surface area contributed by atoms with Crippen LogP contribution < -0.4 is 0 Å². The molecule has 21 heavy (non-hydrogen) atoms. The average Bonchev–Trinajstić information content (AvgIpc) is 2.37. The number of esters is 1. The van der Waals surface area contributed by atoms with Gasteiger partial charge in [0, 0.05) is 0 Å². The van der Waals surface area contributed by atoms with Gasteiger partial charge in [0.25, 0.3) is 0 Å². The Morgan fingerprint density at radius 3 is 2.38 bits per heavy atom. The van der Waals surface area contributed by atoms with Crippen LogP contribution >= 0.6 is 0 Å². The standard InChI is InChI=1S/C16H24N2O2Si/c1-16(2,3)21(4,5)12-14(20-15(19)11-18-17)13-9-7-6-8-10-13/h6-11,14H,12H2,1-5H3/t14-/m1/s1. The van der Waals surface area contributed by atoms with E-state index >= 15 is 0 Å². The van der Waals surface area contributed by atoms with E-state index in [1.54, 1.807) is 0 Å². The second-order valence-corrected chi connectivity index (χ2v) is 12.6. The smallest absolute Gasteiger partial charge is 0.414 e. The first-order chi connectivity index (χ1) is 9.67. The van der Waals surface area contributed by atoms with Crippen LogP contribution in [-0.4, -0.2) is 25.0 Å². The first-order valence-corrected chi connectivity index (χ1v) is 10.3. The third-order valence-electron chi connectivity index (χ3n) is 4.32. The van der Waals surface area contributed by atoms with Gasteiger partial charge in [0.15, 0.2) is 0 Å². The van der Waals surface area contributed by atoms with Crippen molar-refractivity contribution in [3.05, 3.63) is 41.4 Å². The Bertz CT molecular complexity index is 529. The van der Waals surface area contributed by atoms with Gasteiger partial charge in [-0.15, -0.1) is 0 Å². The van der Waals surface area contributed by atoms with Crippen LogP contribution in [0.2, 0.25) is 24.2 Å². The van der Waals surface area contributed by atoms with Crippen molar-refractivity contribution in [3.63, 3.8) is 0 Å². The molecule has 1 aromatic carbocycles. The topological polar surface area (TPSA) is 62.7 Å². The summed E-state index contributed by atoms with van der Waals surface area (Å²) in [5.41, 5.74) is 9.43. The van der Waals surface area contributed by atoms with E-state index in [-0.39, 0.29) is 11.1 Å². The molecule has 0 spiro atoms. The number of rotatable bonds is 5. The molecule has 0 saturated heterocycles. The van der Waals surface area contributed by atoms with E-state index in [0.29, 0.717) is 0 Å². The third kappa shape index (κ3) is 4.96. The van der Waals surface area contributed by atoms with E-state index in [4.69, 9.17) is 10.3 Å². The summed E-state index contributed by atoms with van der Waals surface area (Å²) in [6.07, 6.45) is 0.485. The molecular formula is C16H24N2O2Si. The van der Waals surface area contributed by atoms with Gasteiger partial charge in [-0.1, -0.05) is 64.2 Å². The molecule has 0 aliphatic rings. The zero-order valence-electron chi connectivity index (χ0n) is 13.5. The van der Waals surface area contributed by atoms with Gasteiger partial charge in [-0.3, -0.25) is 0 Å². The van der Waals surface area contributed by atoms with Gasteiger partial charge in [-0.25, -0.2) is 4.79 Å². The number of hydrogen-bond donors (Lipinski definition) is 0. The summed E-state index contributed by atoms with van der Waals surface area (Å²) in [6.45, 7) is 11.3. The molecule has 0 heterocycles. The second kappa shape index (κ2) is 6.83. The van der Waals surface area contributed by atoms with E-state index < -0.39 is 14.0 Å². The third-order valence-corrected chi connectivity index (χ3v) is 9.77. The number of carbonyl (C=O) groups excluding carboxylic acids is 1. The van der Waals surface area contributed by atoms with Gasteiger partial charge in [0.1, 0.15) is 6.10 Å². The van der Waals surface area contributed by atoms with Crippen molar-refractivity contribution in [2.24, 2.45) is 0 Å². The molecule has 0 saturated carbocycles. The number of carbonyl (C=O) groups is 1. The minimum Gasteiger partial charge on any atom is -0.449 e. The molecule has 1 atom stereocenters. The molecule has 1 aromatic rings. The Hall–Kier alpha value is -1.71. The lowest BCUT2D eigenvalue weighted by atomic mass is 10.1. The van der Waals surface area contributed by atoms with Crippen molar-refractivity contribution in [2.75, 3.05) is 0 Å². The van der Waals surface area contributed by atoms with Crippen LogP contribution in [0, 0.1) is 0 Å². The lowest BCUT2D eigenvalue weighted by Gasteiger charge is -2.39. The van der Waals surface area contributed by atoms with Gasteiger partial charge in [0.05, 0.1) is 8.07 Å². The van der Waals surface area contributed by atoms with Gasteiger partial charge < -0.3 is 10.3 Å². The van der Waals surface area contributed by atoms with Crippen LogP contribution in [0.15, 0.2) is 30.3 Å². The maximum atomic E-state index is 11.6. The predicted molar refractivity (Wildman–Crippen MR) is 87.0 cm³/mol. The first-order valence-electron chi connectivity index (χ1n) is 7.10. The molecule has 0 fully saturated rings. The van der Waals surface area contributed by atoms with Gasteiger partial charge in [-0.05, 0) is 16.6 Å². The van der Waals surface area contributed by atoms with Crippen LogP contribution in [0.5, 0.6) is 0 Å². The SMILES string of the molecule is CC(C)(C)[Si](C)(C)C[C@@H](OC(=O)C=[N+]=[N-])c1ccccc1. The fourth-order valence-electron chi connectivity index (χ4n) is 1.88. The van der Waals surface area contributed by atoms with E-state index in [9.17, 15) is 4.79 Å². The van der Waals surface area contributed by atoms with Crippen molar-refractivity contribution < 1.29 is 14.3 Å². The van der Waals surface area contributed by atoms with Crippen LogP contribution in [0.4, 0.5) is 0 Å². The molecule has 114 valence electrons. The molecule has 0 aromatic heterocycles. The van der Waals surface area contributed by atoms with Crippen molar-refractivity contribution in [2.45, 2.75) is 51.1 Å². The highest BCUT2D eigenvalue weighted by atomic mass is 28.3. The summed E-state index contributed by atoms with van der Waals surface area (Å²) in [7, 11) is -1.62. The molecule has 0 unspecified atom stereocenters. The lowest BCUT2D eigenvalue weighted by molar-refractivity contribution is -0.143. The summed E-state index contributed by atoms with van der Waals surface area (Å²) in [6, 6.07) is 10.5. The fourth-order valence-corrected chi connectivity index (χ4v) is 3.74. The number of nitrogens with zero attached hydrogens (tertiary/aromatic N) is 2. The monoisotopic (exact) mass is 304 g/mol. The Balaban J connectivity index is 3.03.